The van der Waals surface area contributed by atoms with Crippen molar-refractivity contribution in [1.29, 1.82) is 0 Å². The fraction of sp³-hybridized carbons (Fsp3) is 0.647. The van der Waals surface area contributed by atoms with E-state index in [1.54, 1.807) is 11.1 Å². The number of fused-ring (bicyclic) bond motifs is 1. The highest BCUT2D eigenvalue weighted by Crippen LogP contribution is 2.33. The molecule has 2 rings (SSSR count). The van der Waals surface area contributed by atoms with E-state index in [-0.39, 0.29) is 0 Å². The van der Waals surface area contributed by atoms with Crippen LogP contribution in [0.2, 0.25) is 0 Å². The van der Waals surface area contributed by atoms with Gasteiger partial charge in [0.05, 0.1) is 13.2 Å². The summed E-state index contributed by atoms with van der Waals surface area (Å²) in [6.07, 6.45) is 8.94. The Balaban J connectivity index is 1.79. The molecule has 0 bridgehead atoms. The number of unbranched alkanes of at least 4 members (excludes halogenated alkanes) is 1. The predicted octanol–water partition coefficient (Wildman–Crippen LogP) is 4.64. The van der Waals surface area contributed by atoms with Crippen molar-refractivity contribution in [3.05, 3.63) is 35.4 Å². The van der Waals surface area contributed by atoms with Gasteiger partial charge in [0.25, 0.3) is 0 Å². The van der Waals surface area contributed by atoms with E-state index in [4.69, 9.17) is 9.78 Å². The van der Waals surface area contributed by atoms with Crippen LogP contribution >= 0.6 is 0 Å². The maximum Gasteiger partial charge on any atom is 0.0822 e. The van der Waals surface area contributed by atoms with Gasteiger partial charge >= 0.3 is 0 Å². The Morgan fingerprint density at radius 1 is 1.11 bits per heavy atom. The highest BCUT2D eigenvalue weighted by atomic mass is 17.2. The molecule has 106 valence electrons. The van der Waals surface area contributed by atoms with Crippen LogP contribution in [-0.4, -0.2) is 13.2 Å². The molecule has 0 radical (unpaired) electrons. The van der Waals surface area contributed by atoms with Crippen molar-refractivity contribution >= 4 is 0 Å². The minimum Gasteiger partial charge on any atom is -0.237 e. The molecule has 1 aliphatic carbocycles. The summed E-state index contributed by atoms with van der Waals surface area (Å²) in [5.74, 6) is 0.755. The van der Waals surface area contributed by atoms with Gasteiger partial charge in [0.15, 0.2) is 0 Å². The largest absolute Gasteiger partial charge is 0.237 e. The SMILES string of the molecule is CCOOCCCCC1CCCCc2ccccc21. The number of hydrogen-bond acceptors (Lipinski definition) is 2. The van der Waals surface area contributed by atoms with E-state index in [1.807, 2.05) is 6.92 Å². The van der Waals surface area contributed by atoms with Gasteiger partial charge in [-0.3, -0.25) is 0 Å². The third-order valence-electron chi connectivity index (χ3n) is 3.98. The lowest BCUT2D eigenvalue weighted by Gasteiger charge is -2.17. The van der Waals surface area contributed by atoms with Crippen molar-refractivity contribution in [2.75, 3.05) is 13.2 Å². The van der Waals surface area contributed by atoms with E-state index >= 15 is 0 Å². The molecule has 2 nitrogen and oxygen atoms in total. The summed E-state index contributed by atoms with van der Waals surface area (Å²) >= 11 is 0. The molecule has 1 aromatic carbocycles. The van der Waals surface area contributed by atoms with Crippen LogP contribution in [0.1, 0.15) is 62.5 Å². The lowest BCUT2D eigenvalue weighted by Crippen LogP contribution is -2.02. The Bertz CT molecular complexity index is 362. The molecule has 0 amide bonds. The normalized spacial score (nSPS) is 18.9. The van der Waals surface area contributed by atoms with E-state index in [9.17, 15) is 0 Å². The Hall–Kier alpha value is -0.860. The molecule has 2 heteroatoms. The molecule has 0 fully saturated rings. The van der Waals surface area contributed by atoms with E-state index in [0.717, 1.165) is 18.9 Å². The first-order valence-electron chi connectivity index (χ1n) is 7.74. The van der Waals surface area contributed by atoms with Crippen LogP contribution in [0.25, 0.3) is 0 Å². The number of hydrogen-bond donors (Lipinski definition) is 0. The molecular weight excluding hydrogens is 236 g/mol. The predicted molar refractivity (Wildman–Crippen MR) is 78.2 cm³/mol. The zero-order valence-corrected chi connectivity index (χ0v) is 12.1. The van der Waals surface area contributed by atoms with Crippen molar-refractivity contribution in [3.63, 3.8) is 0 Å². The molecule has 0 saturated carbocycles. The quantitative estimate of drug-likeness (QED) is 0.308. The molecule has 1 atom stereocenters. The molecule has 0 spiro atoms. The summed E-state index contributed by atoms with van der Waals surface area (Å²) in [4.78, 5) is 9.97. The van der Waals surface area contributed by atoms with Crippen LogP contribution in [0, 0.1) is 0 Å². The van der Waals surface area contributed by atoms with Crippen LogP contribution in [0.15, 0.2) is 24.3 Å². The molecule has 1 aromatic rings. The van der Waals surface area contributed by atoms with Crippen molar-refractivity contribution < 1.29 is 9.78 Å². The molecule has 1 aliphatic rings. The van der Waals surface area contributed by atoms with Crippen molar-refractivity contribution in [2.45, 2.75) is 57.8 Å². The fourth-order valence-electron chi connectivity index (χ4n) is 3.02. The van der Waals surface area contributed by atoms with Gasteiger partial charge in [0.1, 0.15) is 0 Å². The minimum atomic E-state index is 0.635. The zero-order valence-electron chi connectivity index (χ0n) is 12.1. The standard InChI is InChI=1S/C17H26O2/c1-2-18-19-14-8-7-12-16-10-4-3-9-15-11-5-6-13-17(15)16/h5-6,11,13,16H,2-4,7-10,12,14H2,1H3. The van der Waals surface area contributed by atoms with Gasteiger partial charge in [-0.15, -0.1) is 0 Å². The Morgan fingerprint density at radius 3 is 2.89 bits per heavy atom. The molecule has 0 saturated heterocycles. The monoisotopic (exact) mass is 262 g/mol. The minimum absolute atomic E-state index is 0.635. The van der Waals surface area contributed by atoms with Gasteiger partial charge < -0.3 is 0 Å². The van der Waals surface area contributed by atoms with Crippen molar-refractivity contribution in [3.8, 4) is 0 Å². The third-order valence-corrected chi connectivity index (χ3v) is 3.98. The van der Waals surface area contributed by atoms with Crippen LogP contribution < -0.4 is 0 Å². The molecule has 0 aromatic heterocycles. The smallest absolute Gasteiger partial charge is 0.0822 e. The van der Waals surface area contributed by atoms with Crippen LogP contribution in [0.4, 0.5) is 0 Å². The van der Waals surface area contributed by atoms with Crippen molar-refractivity contribution in [1.82, 2.24) is 0 Å². The van der Waals surface area contributed by atoms with E-state index in [2.05, 4.69) is 24.3 Å². The van der Waals surface area contributed by atoms with Crippen LogP contribution in [0.5, 0.6) is 0 Å². The summed E-state index contributed by atoms with van der Waals surface area (Å²) < 4.78 is 0. The molecule has 0 N–H and O–H groups in total. The summed E-state index contributed by atoms with van der Waals surface area (Å²) in [6, 6.07) is 9.01. The maximum absolute atomic E-state index is 5.07. The van der Waals surface area contributed by atoms with Gasteiger partial charge in [-0.05, 0) is 56.1 Å². The van der Waals surface area contributed by atoms with Gasteiger partial charge in [-0.1, -0.05) is 37.1 Å². The summed E-state index contributed by atoms with van der Waals surface area (Å²) in [5.41, 5.74) is 3.18. The molecule has 0 aliphatic heterocycles. The van der Waals surface area contributed by atoms with E-state index < -0.39 is 0 Å². The summed E-state index contributed by atoms with van der Waals surface area (Å²) in [7, 11) is 0. The van der Waals surface area contributed by atoms with Gasteiger partial charge in [-0.2, -0.15) is 0 Å². The maximum atomic E-state index is 5.07. The Labute approximate surface area is 117 Å². The summed E-state index contributed by atoms with van der Waals surface area (Å²) in [6.45, 7) is 3.31. The number of benzene rings is 1. The Kier molecular flexibility index (Phi) is 6.38. The first-order valence-corrected chi connectivity index (χ1v) is 7.74. The number of aryl methyl sites for hydroxylation is 1. The average Bonchev–Trinajstić information content (AvgIpc) is 2.65. The zero-order chi connectivity index (χ0) is 13.3. The van der Waals surface area contributed by atoms with Crippen molar-refractivity contribution in [2.24, 2.45) is 0 Å². The average molecular weight is 262 g/mol. The fourth-order valence-corrected chi connectivity index (χ4v) is 3.02. The number of rotatable bonds is 7. The summed E-state index contributed by atoms with van der Waals surface area (Å²) in [5, 5.41) is 0. The lowest BCUT2D eigenvalue weighted by atomic mass is 9.88. The molecular formula is C17H26O2. The highest BCUT2D eigenvalue weighted by molar-refractivity contribution is 5.31. The second-order valence-electron chi connectivity index (χ2n) is 5.37. The molecule has 1 unspecified atom stereocenters. The first-order chi connectivity index (χ1) is 9.42. The van der Waals surface area contributed by atoms with E-state index in [0.29, 0.717) is 6.61 Å². The van der Waals surface area contributed by atoms with E-state index in [1.165, 1.54) is 38.5 Å². The Morgan fingerprint density at radius 2 is 2.00 bits per heavy atom. The van der Waals surface area contributed by atoms with Gasteiger partial charge in [0.2, 0.25) is 0 Å². The third kappa shape index (κ3) is 4.63. The lowest BCUT2D eigenvalue weighted by molar-refractivity contribution is -0.291. The van der Waals surface area contributed by atoms with Crippen LogP contribution in [0.3, 0.4) is 0 Å². The highest BCUT2D eigenvalue weighted by Gasteiger charge is 2.17. The second kappa shape index (κ2) is 8.34. The second-order valence-corrected chi connectivity index (χ2v) is 5.37. The molecule has 0 heterocycles. The van der Waals surface area contributed by atoms with Crippen LogP contribution in [-0.2, 0) is 16.2 Å². The first kappa shape index (κ1) is 14.5. The molecule has 19 heavy (non-hydrogen) atoms. The van der Waals surface area contributed by atoms with Gasteiger partial charge in [-0.25, -0.2) is 9.78 Å². The van der Waals surface area contributed by atoms with Gasteiger partial charge in [0, 0.05) is 0 Å². The topological polar surface area (TPSA) is 18.5 Å².